The molecule has 3 heteroatoms. The van der Waals surface area contributed by atoms with Crippen LogP contribution in [-0.2, 0) is 0 Å². The largest absolute Gasteiger partial charge is 0.387 e. The van der Waals surface area contributed by atoms with Crippen LogP contribution in [0, 0.1) is 12.7 Å². The quantitative estimate of drug-likeness (QED) is 0.805. The van der Waals surface area contributed by atoms with Crippen molar-refractivity contribution in [2.24, 2.45) is 5.73 Å². The highest BCUT2D eigenvalue weighted by Crippen LogP contribution is 2.25. The minimum atomic E-state index is -0.705. The van der Waals surface area contributed by atoms with Gasteiger partial charge in [-0.3, -0.25) is 0 Å². The van der Waals surface area contributed by atoms with Gasteiger partial charge in [-0.15, -0.1) is 0 Å². The lowest BCUT2D eigenvalue weighted by molar-refractivity contribution is 0.185. The zero-order chi connectivity index (χ0) is 11.6. The van der Waals surface area contributed by atoms with Gasteiger partial charge < -0.3 is 10.8 Å². The summed E-state index contributed by atoms with van der Waals surface area (Å²) in [6.45, 7) is 5.78. The van der Waals surface area contributed by atoms with E-state index < -0.39 is 6.10 Å². The van der Waals surface area contributed by atoms with E-state index >= 15 is 0 Å². The van der Waals surface area contributed by atoms with Crippen molar-refractivity contribution in [3.63, 3.8) is 0 Å². The molecule has 1 rings (SSSR count). The van der Waals surface area contributed by atoms with E-state index in [1.807, 2.05) is 13.8 Å². The van der Waals surface area contributed by atoms with E-state index in [9.17, 15) is 9.50 Å². The van der Waals surface area contributed by atoms with E-state index in [-0.39, 0.29) is 18.3 Å². The van der Waals surface area contributed by atoms with Crippen LogP contribution in [0.15, 0.2) is 12.1 Å². The van der Waals surface area contributed by atoms with Crippen molar-refractivity contribution in [2.45, 2.75) is 32.8 Å². The summed E-state index contributed by atoms with van der Waals surface area (Å²) in [7, 11) is 0. The molecule has 0 aromatic heterocycles. The summed E-state index contributed by atoms with van der Waals surface area (Å²) < 4.78 is 13.5. The Morgan fingerprint density at radius 3 is 2.40 bits per heavy atom. The van der Waals surface area contributed by atoms with E-state index in [2.05, 4.69) is 0 Å². The molecule has 0 bridgehead atoms. The molecule has 0 saturated heterocycles. The third kappa shape index (κ3) is 2.55. The van der Waals surface area contributed by atoms with Gasteiger partial charge in [0.2, 0.25) is 0 Å². The van der Waals surface area contributed by atoms with Crippen molar-refractivity contribution in [2.75, 3.05) is 6.54 Å². The second-order valence-electron chi connectivity index (χ2n) is 4.14. The molecular formula is C12H18FNO. The smallest absolute Gasteiger partial charge is 0.126 e. The Labute approximate surface area is 89.9 Å². The SMILES string of the molecule is Cc1cc(F)c(C(C)C)cc1C(O)CN. The number of aryl methyl sites for hydroxylation is 1. The molecule has 0 aliphatic heterocycles. The monoisotopic (exact) mass is 211 g/mol. The van der Waals surface area contributed by atoms with Gasteiger partial charge in [-0.2, -0.15) is 0 Å². The van der Waals surface area contributed by atoms with Crippen LogP contribution in [0.3, 0.4) is 0 Å². The van der Waals surface area contributed by atoms with Crippen LogP contribution in [0.2, 0.25) is 0 Å². The second kappa shape index (κ2) is 4.73. The molecule has 3 N–H and O–H groups in total. The third-order valence-corrected chi connectivity index (χ3v) is 2.59. The molecule has 0 radical (unpaired) electrons. The molecule has 0 saturated carbocycles. The van der Waals surface area contributed by atoms with Gasteiger partial charge in [0.05, 0.1) is 6.10 Å². The summed E-state index contributed by atoms with van der Waals surface area (Å²) >= 11 is 0. The van der Waals surface area contributed by atoms with Crippen LogP contribution in [-0.4, -0.2) is 11.7 Å². The molecule has 15 heavy (non-hydrogen) atoms. The van der Waals surface area contributed by atoms with E-state index in [1.54, 1.807) is 13.0 Å². The predicted molar refractivity (Wildman–Crippen MR) is 59.2 cm³/mol. The van der Waals surface area contributed by atoms with Crippen LogP contribution in [0.1, 0.15) is 42.6 Å². The van der Waals surface area contributed by atoms with Crippen molar-refractivity contribution in [3.05, 3.63) is 34.6 Å². The lowest BCUT2D eigenvalue weighted by atomic mass is 9.94. The maximum Gasteiger partial charge on any atom is 0.126 e. The van der Waals surface area contributed by atoms with Crippen molar-refractivity contribution >= 4 is 0 Å². The fourth-order valence-electron chi connectivity index (χ4n) is 1.64. The van der Waals surface area contributed by atoms with Crippen molar-refractivity contribution in [1.29, 1.82) is 0 Å². The minimum absolute atomic E-state index is 0.106. The van der Waals surface area contributed by atoms with Crippen molar-refractivity contribution in [3.8, 4) is 0 Å². The fraction of sp³-hybridized carbons (Fsp3) is 0.500. The Morgan fingerprint density at radius 2 is 1.93 bits per heavy atom. The van der Waals surface area contributed by atoms with Crippen LogP contribution < -0.4 is 5.73 Å². The minimum Gasteiger partial charge on any atom is -0.387 e. The van der Waals surface area contributed by atoms with Crippen LogP contribution in [0.5, 0.6) is 0 Å². The van der Waals surface area contributed by atoms with E-state index in [1.165, 1.54) is 6.07 Å². The van der Waals surface area contributed by atoms with Gasteiger partial charge in [0.25, 0.3) is 0 Å². The van der Waals surface area contributed by atoms with Crippen molar-refractivity contribution in [1.82, 2.24) is 0 Å². The third-order valence-electron chi connectivity index (χ3n) is 2.59. The number of nitrogens with two attached hydrogens (primary N) is 1. The summed E-state index contributed by atoms with van der Waals surface area (Å²) in [6, 6.07) is 3.18. The summed E-state index contributed by atoms with van der Waals surface area (Å²) in [5, 5.41) is 9.66. The fourth-order valence-corrected chi connectivity index (χ4v) is 1.64. The molecule has 0 fully saturated rings. The first-order valence-electron chi connectivity index (χ1n) is 5.15. The average molecular weight is 211 g/mol. The zero-order valence-electron chi connectivity index (χ0n) is 9.42. The molecule has 0 aliphatic rings. The summed E-state index contributed by atoms with van der Waals surface area (Å²) in [5.74, 6) is -0.107. The lowest BCUT2D eigenvalue weighted by Gasteiger charge is -2.16. The summed E-state index contributed by atoms with van der Waals surface area (Å²) in [5.41, 5.74) is 7.49. The van der Waals surface area contributed by atoms with Gasteiger partial charge in [0.1, 0.15) is 5.82 Å². The maximum absolute atomic E-state index is 13.5. The van der Waals surface area contributed by atoms with Gasteiger partial charge in [0.15, 0.2) is 0 Å². The van der Waals surface area contributed by atoms with Crippen LogP contribution in [0.4, 0.5) is 4.39 Å². The van der Waals surface area contributed by atoms with Gasteiger partial charge in [-0.1, -0.05) is 13.8 Å². The van der Waals surface area contributed by atoms with Crippen molar-refractivity contribution < 1.29 is 9.50 Å². The molecule has 0 heterocycles. The number of rotatable bonds is 3. The van der Waals surface area contributed by atoms with Crippen LogP contribution >= 0.6 is 0 Å². The number of halogens is 1. The Bertz CT molecular complexity index is 350. The first-order valence-corrected chi connectivity index (χ1v) is 5.15. The Morgan fingerprint density at radius 1 is 1.33 bits per heavy atom. The standard InChI is InChI=1S/C12H18FNO/c1-7(2)9-5-10(12(15)6-14)8(3)4-11(9)13/h4-5,7,12,15H,6,14H2,1-3H3. The number of aliphatic hydroxyl groups excluding tert-OH is 1. The molecule has 0 spiro atoms. The number of hydrogen-bond acceptors (Lipinski definition) is 2. The predicted octanol–water partition coefficient (Wildman–Crippen LogP) is 2.25. The molecule has 84 valence electrons. The molecule has 1 atom stereocenters. The summed E-state index contributed by atoms with van der Waals surface area (Å²) in [6.07, 6.45) is -0.705. The highest BCUT2D eigenvalue weighted by atomic mass is 19.1. The average Bonchev–Trinajstić information content (AvgIpc) is 2.16. The van der Waals surface area contributed by atoms with Crippen LogP contribution in [0.25, 0.3) is 0 Å². The highest BCUT2D eigenvalue weighted by Gasteiger charge is 2.14. The van der Waals surface area contributed by atoms with Gasteiger partial charge in [-0.25, -0.2) is 4.39 Å². The maximum atomic E-state index is 13.5. The topological polar surface area (TPSA) is 46.2 Å². The molecule has 0 aliphatic carbocycles. The van der Waals surface area contributed by atoms with Gasteiger partial charge in [0, 0.05) is 6.54 Å². The van der Waals surface area contributed by atoms with E-state index in [0.29, 0.717) is 5.56 Å². The highest BCUT2D eigenvalue weighted by molar-refractivity contribution is 5.35. The lowest BCUT2D eigenvalue weighted by Crippen LogP contribution is -2.13. The summed E-state index contributed by atoms with van der Waals surface area (Å²) in [4.78, 5) is 0. The van der Waals surface area contributed by atoms with E-state index in [0.717, 1.165) is 11.1 Å². The second-order valence-corrected chi connectivity index (χ2v) is 4.14. The number of benzene rings is 1. The normalized spacial score (nSPS) is 13.3. The number of aliphatic hydroxyl groups is 1. The first-order chi connectivity index (χ1) is 6.97. The molecular weight excluding hydrogens is 193 g/mol. The Balaban J connectivity index is 3.23. The molecule has 0 amide bonds. The van der Waals surface area contributed by atoms with Gasteiger partial charge in [-0.05, 0) is 41.7 Å². The molecule has 1 unspecified atom stereocenters. The first kappa shape index (κ1) is 12.1. The Kier molecular flexibility index (Phi) is 3.83. The molecule has 1 aromatic carbocycles. The Hall–Kier alpha value is -0.930. The van der Waals surface area contributed by atoms with Gasteiger partial charge >= 0.3 is 0 Å². The molecule has 2 nitrogen and oxygen atoms in total. The zero-order valence-corrected chi connectivity index (χ0v) is 9.42. The van der Waals surface area contributed by atoms with E-state index in [4.69, 9.17) is 5.73 Å². The number of hydrogen-bond donors (Lipinski definition) is 2. The molecule has 1 aromatic rings.